The zero-order valence-electron chi connectivity index (χ0n) is 11.8. The molecule has 0 amide bonds. The van der Waals surface area contributed by atoms with Gasteiger partial charge in [-0.15, -0.1) is 0 Å². The second-order valence-electron chi connectivity index (χ2n) is 5.10. The monoisotopic (exact) mass is 288 g/mol. The van der Waals surface area contributed by atoms with Crippen molar-refractivity contribution in [2.75, 3.05) is 0 Å². The lowest BCUT2D eigenvalue weighted by atomic mass is 10.0. The molecule has 0 unspecified atom stereocenters. The van der Waals surface area contributed by atoms with Crippen molar-refractivity contribution in [2.45, 2.75) is 26.7 Å². The highest BCUT2D eigenvalue weighted by atomic mass is 35.5. The number of rotatable bonds is 4. The second-order valence-corrected chi connectivity index (χ2v) is 5.53. The highest BCUT2D eigenvalue weighted by Gasteiger charge is 2.11. The van der Waals surface area contributed by atoms with E-state index >= 15 is 0 Å². The molecule has 0 aromatic heterocycles. The molecule has 2 aromatic carbocycles. The van der Waals surface area contributed by atoms with E-state index in [9.17, 15) is 4.79 Å². The summed E-state index contributed by atoms with van der Waals surface area (Å²) in [5.41, 5.74) is 2.68. The molecule has 0 aliphatic carbocycles. The van der Waals surface area contributed by atoms with Crippen LogP contribution in [0.25, 0.3) is 0 Å². The topological polar surface area (TPSA) is 26.3 Å². The Kier molecular flexibility index (Phi) is 4.46. The van der Waals surface area contributed by atoms with Gasteiger partial charge in [0.1, 0.15) is 11.5 Å². The third kappa shape index (κ3) is 3.20. The van der Waals surface area contributed by atoms with Crippen LogP contribution < -0.4 is 4.74 Å². The highest BCUT2D eigenvalue weighted by Crippen LogP contribution is 2.33. The van der Waals surface area contributed by atoms with Crippen molar-refractivity contribution in [1.82, 2.24) is 0 Å². The first-order valence-corrected chi connectivity index (χ1v) is 6.92. The molecule has 0 saturated heterocycles. The Bertz CT molecular complexity index is 633. The van der Waals surface area contributed by atoms with Crippen LogP contribution in [0.2, 0.25) is 5.02 Å². The van der Waals surface area contributed by atoms with Gasteiger partial charge in [0.25, 0.3) is 0 Å². The lowest BCUT2D eigenvalue weighted by Gasteiger charge is -2.15. The van der Waals surface area contributed by atoms with Gasteiger partial charge < -0.3 is 4.74 Å². The van der Waals surface area contributed by atoms with Gasteiger partial charge in [-0.05, 0) is 48.2 Å². The van der Waals surface area contributed by atoms with Gasteiger partial charge in [0.2, 0.25) is 0 Å². The Balaban J connectivity index is 2.44. The summed E-state index contributed by atoms with van der Waals surface area (Å²) in [4.78, 5) is 11.1. The molecule has 0 fully saturated rings. The second kappa shape index (κ2) is 6.10. The van der Waals surface area contributed by atoms with Crippen LogP contribution in [0.5, 0.6) is 11.5 Å². The molecule has 0 N–H and O–H groups in total. The third-order valence-electron chi connectivity index (χ3n) is 3.11. The zero-order chi connectivity index (χ0) is 14.7. The van der Waals surface area contributed by atoms with Crippen LogP contribution in [0.3, 0.4) is 0 Å². The minimum absolute atomic E-state index is 0.345. The molecule has 2 aromatic rings. The minimum Gasteiger partial charge on any atom is -0.456 e. The third-order valence-corrected chi connectivity index (χ3v) is 3.34. The number of hydrogen-bond donors (Lipinski definition) is 0. The SMILES string of the molecule is Cc1ccc(C(C)C)c(Oc2ccc(Cl)cc2C=O)c1. The molecule has 20 heavy (non-hydrogen) atoms. The molecule has 2 nitrogen and oxygen atoms in total. The number of aldehydes is 1. The van der Waals surface area contributed by atoms with Crippen LogP contribution in [0, 0.1) is 6.92 Å². The maximum absolute atomic E-state index is 11.1. The first-order chi connectivity index (χ1) is 9.51. The molecule has 2 rings (SSSR count). The van der Waals surface area contributed by atoms with E-state index in [-0.39, 0.29) is 0 Å². The van der Waals surface area contributed by atoms with Gasteiger partial charge in [-0.2, -0.15) is 0 Å². The number of carbonyl (C=O) groups excluding carboxylic acids is 1. The standard InChI is InChI=1S/C17H17ClO2/c1-11(2)15-6-4-12(3)8-17(15)20-16-7-5-14(18)9-13(16)10-19/h4-11H,1-3H3. The van der Waals surface area contributed by atoms with E-state index < -0.39 is 0 Å². The van der Waals surface area contributed by atoms with Gasteiger partial charge >= 0.3 is 0 Å². The maximum atomic E-state index is 11.1. The Hall–Kier alpha value is -1.80. The van der Waals surface area contributed by atoms with Gasteiger partial charge in [0, 0.05) is 5.02 Å². The van der Waals surface area contributed by atoms with Gasteiger partial charge in [0.05, 0.1) is 5.56 Å². The van der Waals surface area contributed by atoms with E-state index in [1.165, 1.54) is 0 Å². The van der Waals surface area contributed by atoms with E-state index in [4.69, 9.17) is 16.3 Å². The number of benzene rings is 2. The fourth-order valence-electron chi connectivity index (χ4n) is 2.03. The zero-order valence-corrected chi connectivity index (χ0v) is 12.6. The average Bonchev–Trinajstić information content (AvgIpc) is 2.40. The number of carbonyl (C=O) groups is 1. The summed E-state index contributed by atoms with van der Waals surface area (Å²) in [6, 6.07) is 11.1. The molecule has 3 heteroatoms. The Morgan fingerprint density at radius 1 is 1.10 bits per heavy atom. The number of aryl methyl sites for hydroxylation is 1. The summed E-state index contributed by atoms with van der Waals surface area (Å²) in [6.45, 7) is 6.24. The minimum atomic E-state index is 0.345. The van der Waals surface area contributed by atoms with Gasteiger partial charge in [-0.3, -0.25) is 4.79 Å². The molecule has 0 atom stereocenters. The predicted octanol–water partition coefficient (Wildman–Crippen LogP) is 5.38. The normalized spacial score (nSPS) is 10.7. The van der Waals surface area contributed by atoms with Crippen LogP contribution in [-0.2, 0) is 0 Å². The van der Waals surface area contributed by atoms with Gasteiger partial charge in [0.15, 0.2) is 6.29 Å². The molecule has 0 radical (unpaired) electrons. The average molecular weight is 289 g/mol. The Morgan fingerprint density at radius 3 is 2.50 bits per heavy atom. The van der Waals surface area contributed by atoms with Crippen LogP contribution in [0.1, 0.15) is 41.3 Å². The summed E-state index contributed by atoms with van der Waals surface area (Å²) in [5.74, 6) is 1.65. The van der Waals surface area contributed by atoms with Crippen molar-refractivity contribution >= 4 is 17.9 Å². The van der Waals surface area contributed by atoms with Crippen molar-refractivity contribution in [3.8, 4) is 11.5 Å². The van der Waals surface area contributed by atoms with Crippen molar-refractivity contribution in [3.05, 3.63) is 58.1 Å². The lowest BCUT2D eigenvalue weighted by Crippen LogP contribution is -1.97. The van der Waals surface area contributed by atoms with Crippen molar-refractivity contribution in [2.24, 2.45) is 0 Å². The molecule has 0 saturated carbocycles. The Labute approximate surface area is 124 Å². The largest absolute Gasteiger partial charge is 0.456 e. The van der Waals surface area contributed by atoms with E-state index in [1.807, 2.05) is 13.0 Å². The fourth-order valence-corrected chi connectivity index (χ4v) is 2.21. The molecular formula is C17H17ClO2. The molecule has 0 bridgehead atoms. The van der Waals surface area contributed by atoms with E-state index in [0.717, 1.165) is 23.2 Å². The molecular weight excluding hydrogens is 272 g/mol. The highest BCUT2D eigenvalue weighted by molar-refractivity contribution is 6.30. The van der Waals surface area contributed by atoms with Crippen LogP contribution in [-0.4, -0.2) is 6.29 Å². The number of hydrogen-bond acceptors (Lipinski definition) is 2. The number of halogens is 1. The summed E-state index contributed by atoms with van der Waals surface area (Å²) in [5, 5.41) is 0.521. The molecule has 0 aliphatic heterocycles. The quantitative estimate of drug-likeness (QED) is 0.706. The Morgan fingerprint density at radius 2 is 1.85 bits per heavy atom. The predicted molar refractivity (Wildman–Crippen MR) is 82.2 cm³/mol. The summed E-state index contributed by atoms with van der Waals surface area (Å²) in [6.07, 6.45) is 0.756. The van der Waals surface area contributed by atoms with E-state index in [2.05, 4.69) is 26.0 Å². The molecule has 104 valence electrons. The van der Waals surface area contributed by atoms with Crippen LogP contribution in [0.4, 0.5) is 0 Å². The van der Waals surface area contributed by atoms with Crippen LogP contribution >= 0.6 is 11.6 Å². The lowest BCUT2D eigenvalue weighted by molar-refractivity contribution is 0.112. The van der Waals surface area contributed by atoms with Crippen molar-refractivity contribution in [1.29, 1.82) is 0 Å². The first kappa shape index (κ1) is 14.6. The summed E-state index contributed by atoms with van der Waals surface area (Å²) >= 11 is 5.89. The van der Waals surface area contributed by atoms with Crippen molar-refractivity contribution < 1.29 is 9.53 Å². The van der Waals surface area contributed by atoms with Gasteiger partial charge in [-0.25, -0.2) is 0 Å². The molecule has 0 aliphatic rings. The molecule has 0 spiro atoms. The molecule has 0 heterocycles. The smallest absolute Gasteiger partial charge is 0.153 e. The summed E-state index contributed by atoms with van der Waals surface area (Å²) < 4.78 is 5.94. The van der Waals surface area contributed by atoms with Crippen LogP contribution in [0.15, 0.2) is 36.4 Å². The first-order valence-electron chi connectivity index (χ1n) is 6.54. The van der Waals surface area contributed by atoms with E-state index in [0.29, 0.717) is 22.3 Å². The van der Waals surface area contributed by atoms with E-state index in [1.54, 1.807) is 18.2 Å². The number of ether oxygens (including phenoxy) is 1. The fraction of sp³-hybridized carbons (Fsp3) is 0.235. The van der Waals surface area contributed by atoms with Crippen molar-refractivity contribution in [3.63, 3.8) is 0 Å². The maximum Gasteiger partial charge on any atom is 0.153 e. The van der Waals surface area contributed by atoms with Gasteiger partial charge in [-0.1, -0.05) is 37.6 Å². The summed E-state index contributed by atoms with van der Waals surface area (Å²) in [7, 11) is 0.